The van der Waals surface area contributed by atoms with Crippen molar-refractivity contribution in [1.82, 2.24) is 25.3 Å². The van der Waals surface area contributed by atoms with Gasteiger partial charge >= 0.3 is 6.18 Å². The zero-order valence-electron chi connectivity index (χ0n) is 23.7. The third-order valence-electron chi connectivity index (χ3n) is 8.15. The first-order valence-electron chi connectivity index (χ1n) is 14.2. The zero-order chi connectivity index (χ0) is 30.3. The molecule has 13 heteroatoms. The van der Waals surface area contributed by atoms with Gasteiger partial charge in [0.25, 0.3) is 5.91 Å². The van der Waals surface area contributed by atoms with Gasteiger partial charge in [0.1, 0.15) is 24.3 Å². The summed E-state index contributed by atoms with van der Waals surface area (Å²) < 4.78 is 39.7. The molecule has 5 rings (SSSR count). The number of alkyl halides is 3. The van der Waals surface area contributed by atoms with Crippen LogP contribution in [0.3, 0.4) is 0 Å². The van der Waals surface area contributed by atoms with Crippen molar-refractivity contribution in [3.8, 4) is 0 Å². The van der Waals surface area contributed by atoms with Crippen LogP contribution in [0, 0.1) is 17.8 Å². The molecule has 226 valence electrons. The number of hydrogen-bond acceptors (Lipinski definition) is 5. The van der Waals surface area contributed by atoms with Crippen LogP contribution in [0.5, 0.6) is 0 Å². The lowest BCUT2D eigenvalue weighted by atomic mass is 9.88. The number of rotatable bonds is 10. The number of benzene rings is 1. The van der Waals surface area contributed by atoms with E-state index >= 15 is 0 Å². The maximum absolute atomic E-state index is 13.8. The lowest BCUT2D eigenvalue weighted by Gasteiger charge is -2.28. The topological polar surface area (TPSA) is 125 Å². The van der Waals surface area contributed by atoms with Crippen LogP contribution in [-0.4, -0.2) is 57.1 Å². The summed E-state index contributed by atoms with van der Waals surface area (Å²) in [5.41, 5.74) is 1.70. The first kappa shape index (κ1) is 29.6. The van der Waals surface area contributed by atoms with E-state index in [1.807, 2.05) is 19.2 Å². The molecule has 42 heavy (non-hydrogen) atoms. The fourth-order valence-corrected chi connectivity index (χ4v) is 5.96. The first-order chi connectivity index (χ1) is 19.8. The SMILES string of the molecule is CC(=O)N1Cc2cc(NC(=O)[C@@H](NC(=O)c3ccnn3C(C)C)C(C3CC3)C3CC3)ccc2C1C(=O)NCC(F)(F)F. The quantitative estimate of drug-likeness (QED) is 0.390. The van der Waals surface area contributed by atoms with Crippen molar-refractivity contribution >= 4 is 29.3 Å². The number of nitrogens with zero attached hydrogens (tertiary/aromatic N) is 3. The molecule has 0 radical (unpaired) electrons. The Kier molecular flexibility index (Phi) is 8.04. The molecule has 3 N–H and O–H groups in total. The van der Waals surface area contributed by atoms with Gasteiger partial charge < -0.3 is 20.9 Å². The number of nitrogens with one attached hydrogen (secondary N) is 3. The van der Waals surface area contributed by atoms with Crippen LogP contribution in [0.1, 0.15) is 80.2 Å². The van der Waals surface area contributed by atoms with Crippen molar-refractivity contribution < 1.29 is 32.3 Å². The zero-order valence-corrected chi connectivity index (χ0v) is 23.7. The van der Waals surface area contributed by atoms with Gasteiger partial charge in [0.15, 0.2) is 0 Å². The predicted octanol–water partition coefficient (Wildman–Crippen LogP) is 3.72. The molecule has 2 aliphatic carbocycles. The highest BCUT2D eigenvalue weighted by Crippen LogP contribution is 2.51. The van der Waals surface area contributed by atoms with Crippen molar-refractivity contribution in [2.24, 2.45) is 17.8 Å². The summed E-state index contributed by atoms with van der Waals surface area (Å²) in [6.45, 7) is 3.57. The Hall–Kier alpha value is -3.90. The Morgan fingerprint density at radius 3 is 2.29 bits per heavy atom. The molecule has 1 unspecified atom stereocenters. The van der Waals surface area contributed by atoms with Gasteiger partial charge in [-0.1, -0.05) is 6.07 Å². The highest BCUT2D eigenvalue weighted by atomic mass is 19.4. The molecular weight excluding hydrogens is 553 g/mol. The molecule has 1 aromatic heterocycles. The number of halogens is 3. The van der Waals surface area contributed by atoms with Crippen LogP contribution in [0.2, 0.25) is 0 Å². The van der Waals surface area contributed by atoms with Crippen molar-refractivity contribution in [1.29, 1.82) is 0 Å². The predicted molar refractivity (Wildman–Crippen MR) is 146 cm³/mol. The Bertz CT molecular complexity index is 1370. The maximum Gasteiger partial charge on any atom is 0.405 e. The normalized spacial score (nSPS) is 19.0. The average molecular weight is 589 g/mol. The minimum absolute atomic E-state index is 0.00457. The Morgan fingerprint density at radius 2 is 1.71 bits per heavy atom. The van der Waals surface area contributed by atoms with Crippen molar-refractivity contribution in [2.75, 3.05) is 11.9 Å². The number of anilines is 1. The van der Waals surface area contributed by atoms with Crippen LogP contribution in [0.25, 0.3) is 0 Å². The van der Waals surface area contributed by atoms with Crippen molar-refractivity contribution in [3.63, 3.8) is 0 Å². The summed E-state index contributed by atoms with van der Waals surface area (Å²) in [4.78, 5) is 53.3. The van der Waals surface area contributed by atoms with Gasteiger partial charge in [0.2, 0.25) is 17.7 Å². The number of carbonyl (C=O) groups is 4. The maximum atomic E-state index is 13.8. The fraction of sp³-hybridized carbons (Fsp3) is 0.552. The minimum atomic E-state index is -4.59. The summed E-state index contributed by atoms with van der Waals surface area (Å²) in [5, 5.41) is 12.0. The second-order valence-corrected chi connectivity index (χ2v) is 11.7. The number of hydrogen-bond donors (Lipinski definition) is 3. The van der Waals surface area contributed by atoms with E-state index in [1.54, 1.807) is 35.1 Å². The first-order valence-corrected chi connectivity index (χ1v) is 14.2. The molecule has 2 atom stereocenters. The molecule has 3 aliphatic rings. The minimum Gasteiger partial charge on any atom is -0.345 e. The van der Waals surface area contributed by atoms with Gasteiger partial charge in [0, 0.05) is 31.4 Å². The molecular formula is C29H35F3N6O4. The van der Waals surface area contributed by atoms with Gasteiger partial charge in [-0.2, -0.15) is 18.3 Å². The number of amides is 4. The molecule has 2 saturated carbocycles. The second kappa shape index (κ2) is 11.4. The van der Waals surface area contributed by atoms with Gasteiger partial charge in [-0.15, -0.1) is 0 Å². The van der Waals surface area contributed by atoms with Crippen LogP contribution in [0.15, 0.2) is 30.5 Å². The molecule has 1 aliphatic heterocycles. The van der Waals surface area contributed by atoms with Gasteiger partial charge in [-0.25, -0.2) is 0 Å². The summed E-state index contributed by atoms with van der Waals surface area (Å²) >= 11 is 0. The van der Waals surface area contributed by atoms with E-state index in [9.17, 15) is 32.3 Å². The lowest BCUT2D eigenvalue weighted by molar-refractivity contribution is -0.145. The third-order valence-corrected chi connectivity index (χ3v) is 8.15. The van der Waals surface area contributed by atoms with E-state index in [2.05, 4.69) is 15.7 Å². The smallest absolute Gasteiger partial charge is 0.345 e. The lowest BCUT2D eigenvalue weighted by Crippen LogP contribution is -2.50. The van der Waals surface area contributed by atoms with E-state index in [4.69, 9.17) is 0 Å². The molecule has 1 aromatic carbocycles. The average Bonchev–Trinajstić information content (AvgIpc) is 3.84. The fourth-order valence-electron chi connectivity index (χ4n) is 5.96. The number of fused-ring (bicyclic) bond motifs is 1. The second-order valence-electron chi connectivity index (χ2n) is 11.7. The molecule has 10 nitrogen and oxygen atoms in total. The van der Waals surface area contributed by atoms with Gasteiger partial charge in [0.05, 0.1) is 0 Å². The van der Waals surface area contributed by atoms with Crippen LogP contribution in [0.4, 0.5) is 18.9 Å². The van der Waals surface area contributed by atoms with Crippen LogP contribution < -0.4 is 16.0 Å². The number of aromatic nitrogens is 2. The summed E-state index contributed by atoms with van der Waals surface area (Å²) in [6.07, 6.45) is 0.968. The molecule has 0 bridgehead atoms. The van der Waals surface area contributed by atoms with E-state index in [1.165, 1.54) is 11.8 Å². The van der Waals surface area contributed by atoms with Gasteiger partial charge in [-0.3, -0.25) is 23.9 Å². The van der Waals surface area contributed by atoms with Gasteiger partial charge in [-0.05, 0) is 86.6 Å². The standard InChI is InChI=1S/C29H35F3N6O4/c1-15(2)38-22(10-11-34-38)26(40)36-24(23(17-4-5-17)18-6-7-18)27(41)35-20-8-9-21-19(12-20)13-37(16(3)39)25(21)28(42)33-14-29(30,31)32/h8-12,15,17-18,23-25H,4-7,13-14H2,1-3H3,(H,33,42)(H,35,41)(H,36,40)/t24-,25?/m0/s1. The third kappa shape index (κ3) is 6.44. The monoisotopic (exact) mass is 588 g/mol. The Balaban J connectivity index is 1.36. The molecule has 2 aromatic rings. The molecule has 2 fully saturated rings. The van der Waals surface area contributed by atoms with E-state index in [-0.39, 0.29) is 30.3 Å². The Morgan fingerprint density at radius 1 is 1.05 bits per heavy atom. The van der Waals surface area contributed by atoms with Crippen molar-refractivity contribution in [2.45, 2.75) is 77.3 Å². The summed E-state index contributed by atoms with van der Waals surface area (Å²) in [7, 11) is 0. The van der Waals surface area contributed by atoms with E-state index < -0.39 is 36.6 Å². The molecule has 0 saturated heterocycles. The largest absolute Gasteiger partial charge is 0.405 e. The Labute approximate surface area is 241 Å². The summed E-state index contributed by atoms with van der Waals surface area (Å²) in [5.74, 6) is -1.46. The van der Waals surface area contributed by atoms with E-state index in [0.717, 1.165) is 25.7 Å². The highest BCUT2D eigenvalue weighted by Gasteiger charge is 2.48. The van der Waals surface area contributed by atoms with Crippen LogP contribution >= 0.6 is 0 Å². The molecule has 2 heterocycles. The molecule has 4 amide bonds. The molecule has 0 spiro atoms. The van der Waals surface area contributed by atoms with Crippen LogP contribution in [-0.2, 0) is 20.9 Å². The highest BCUT2D eigenvalue weighted by molar-refractivity contribution is 6.01. The summed E-state index contributed by atoms with van der Waals surface area (Å²) in [6, 6.07) is 4.30. The van der Waals surface area contributed by atoms with E-state index in [0.29, 0.717) is 34.3 Å². The number of carbonyl (C=O) groups excluding carboxylic acids is 4. The van der Waals surface area contributed by atoms with Crippen molar-refractivity contribution in [3.05, 3.63) is 47.3 Å².